The van der Waals surface area contributed by atoms with E-state index in [4.69, 9.17) is 4.98 Å². The van der Waals surface area contributed by atoms with Crippen LogP contribution in [0.4, 0.5) is 13.2 Å². The predicted octanol–water partition coefficient (Wildman–Crippen LogP) is 2.92. The molecule has 3 aromatic heterocycles. The lowest BCUT2D eigenvalue weighted by atomic mass is 9.79. The molecule has 3 fully saturated rings. The second kappa shape index (κ2) is 9.84. The molecule has 41 heavy (non-hydrogen) atoms. The first kappa shape index (κ1) is 27.2. The Kier molecular flexibility index (Phi) is 6.53. The van der Waals surface area contributed by atoms with E-state index in [1.165, 1.54) is 16.8 Å². The van der Waals surface area contributed by atoms with Crippen LogP contribution in [0.25, 0.3) is 5.65 Å². The Morgan fingerprint density at radius 3 is 2.51 bits per heavy atom. The molecule has 3 aliphatic rings. The van der Waals surface area contributed by atoms with Crippen LogP contribution in [0.2, 0.25) is 0 Å². The molecule has 3 N–H and O–H groups in total. The van der Waals surface area contributed by atoms with Crippen LogP contribution in [0.1, 0.15) is 66.8 Å². The van der Waals surface area contributed by atoms with E-state index in [9.17, 15) is 32.7 Å². The largest absolute Gasteiger partial charge is 0.480 e. The molecule has 11 nitrogen and oxygen atoms in total. The maximum Gasteiger partial charge on any atom is 0.408 e. The number of fused-ring (bicyclic) bond motifs is 1. The Labute approximate surface area is 232 Å². The van der Waals surface area contributed by atoms with Crippen molar-refractivity contribution in [3.63, 3.8) is 0 Å². The maximum absolute atomic E-state index is 13.4. The van der Waals surface area contributed by atoms with Gasteiger partial charge in [-0.25, -0.2) is 9.50 Å². The third-order valence-corrected chi connectivity index (χ3v) is 8.57. The normalized spacial score (nSPS) is 23.6. The Hall–Kier alpha value is -3.97. The first-order valence-corrected chi connectivity index (χ1v) is 13.8. The van der Waals surface area contributed by atoms with Gasteiger partial charge in [-0.3, -0.25) is 19.1 Å². The molecular formula is C27H30F3N7O4. The van der Waals surface area contributed by atoms with Gasteiger partial charge in [-0.15, -0.1) is 0 Å². The van der Waals surface area contributed by atoms with E-state index in [0.29, 0.717) is 35.4 Å². The molecule has 6 rings (SSSR count). The number of nitrogens with one attached hydrogen (secondary N) is 2. The van der Waals surface area contributed by atoms with Crippen molar-refractivity contribution in [3.05, 3.63) is 47.7 Å². The highest BCUT2D eigenvalue weighted by atomic mass is 19.4. The van der Waals surface area contributed by atoms with Crippen LogP contribution in [0.3, 0.4) is 0 Å². The van der Waals surface area contributed by atoms with E-state index in [-0.39, 0.29) is 17.4 Å². The van der Waals surface area contributed by atoms with Gasteiger partial charge in [0.2, 0.25) is 5.91 Å². The van der Waals surface area contributed by atoms with E-state index in [1.807, 2.05) is 6.92 Å². The fraction of sp³-hybridized carbons (Fsp3) is 0.556. The van der Waals surface area contributed by atoms with E-state index in [1.54, 1.807) is 28.5 Å². The zero-order valence-electron chi connectivity index (χ0n) is 22.3. The number of halogens is 3. The van der Waals surface area contributed by atoms with Gasteiger partial charge in [0, 0.05) is 19.2 Å². The fourth-order valence-corrected chi connectivity index (χ4v) is 6.18. The smallest absolute Gasteiger partial charge is 0.408 e. The molecule has 218 valence electrons. The molecule has 0 bridgehead atoms. The lowest BCUT2D eigenvalue weighted by Gasteiger charge is -2.27. The van der Waals surface area contributed by atoms with Crippen molar-refractivity contribution in [2.45, 2.75) is 70.3 Å². The number of carboxylic acid groups (broad SMARTS) is 1. The minimum absolute atomic E-state index is 0.193. The van der Waals surface area contributed by atoms with Crippen molar-refractivity contribution in [1.82, 2.24) is 35.0 Å². The van der Waals surface area contributed by atoms with Gasteiger partial charge in [-0.1, -0.05) is 0 Å². The van der Waals surface area contributed by atoms with Crippen LogP contribution < -0.4 is 10.6 Å². The average Bonchev–Trinajstić information content (AvgIpc) is 3.81. The van der Waals surface area contributed by atoms with Gasteiger partial charge in [0.1, 0.15) is 11.7 Å². The molecule has 1 aliphatic heterocycles. The lowest BCUT2D eigenvalue weighted by molar-refractivity contribution is -0.157. The molecule has 3 aromatic rings. The third-order valence-electron chi connectivity index (χ3n) is 8.57. The summed E-state index contributed by atoms with van der Waals surface area (Å²) in [5, 5.41) is 23.3. The Balaban J connectivity index is 1.31. The number of aromatic nitrogens is 5. The van der Waals surface area contributed by atoms with E-state index >= 15 is 0 Å². The second-order valence-corrected chi connectivity index (χ2v) is 11.4. The summed E-state index contributed by atoms with van der Waals surface area (Å²) in [5.74, 6) is -1.94. The number of aliphatic carboxylic acids is 1. The number of carboxylic acids is 1. The summed E-state index contributed by atoms with van der Waals surface area (Å²) in [4.78, 5) is 42.7. The molecule has 2 aliphatic carbocycles. The van der Waals surface area contributed by atoms with Gasteiger partial charge in [0.15, 0.2) is 11.1 Å². The summed E-state index contributed by atoms with van der Waals surface area (Å²) >= 11 is 0. The Morgan fingerprint density at radius 2 is 1.93 bits per heavy atom. The zero-order valence-corrected chi connectivity index (χ0v) is 22.3. The van der Waals surface area contributed by atoms with Crippen LogP contribution in [0.5, 0.6) is 0 Å². The summed E-state index contributed by atoms with van der Waals surface area (Å²) in [6.07, 6.45) is 2.79. The topological polar surface area (TPSA) is 144 Å². The van der Waals surface area contributed by atoms with Gasteiger partial charge in [-0.05, 0) is 74.5 Å². The van der Waals surface area contributed by atoms with Crippen molar-refractivity contribution in [2.24, 2.45) is 23.2 Å². The van der Waals surface area contributed by atoms with Gasteiger partial charge in [0.05, 0.1) is 24.1 Å². The van der Waals surface area contributed by atoms with E-state index in [0.717, 1.165) is 25.7 Å². The highest BCUT2D eigenvalue weighted by Gasteiger charge is 2.59. The van der Waals surface area contributed by atoms with E-state index < -0.39 is 48.4 Å². The zero-order chi connectivity index (χ0) is 29.1. The summed E-state index contributed by atoms with van der Waals surface area (Å²) in [6.45, 7) is 2.44. The van der Waals surface area contributed by atoms with Crippen molar-refractivity contribution in [1.29, 1.82) is 0 Å². The lowest BCUT2D eigenvalue weighted by Crippen LogP contribution is -2.41. The number of carbonyl (C=O) groups is 3. The molecule has 1 unspecified atom stereocenters. The first-order chi connectivity index (χ1) is 19.5. The van der Waals surface area contributed by atoms with Crippen LogP contribution >= 0.6 is 0 Å². The van der Waals surface area contributed by atoms with Gasteiger partial charge < -0.3 is 15.7 Å². The van der Waals surface area contributed by atoms with Crippen LogP contribution in [-0.4, -0.2) is 59.5 Å². The van der Waals surface area contributed by atoms with Crippen LogP contribution in [0.15, 0.2) is 30.7 Å². The molecule has 2 saturated carbocycles. The minimum atomic E-state index is -4.76. The molecule has 0 aromatic carbocycles. The number of hydrogen-bond donors (Lipinski definition) is 3. The Bertz CT molecular complexity index is 1500. The maximum atomic E-state index is 13.4. The number of amides is 2. The quantitative estimate of drug-likeness (QED) is 0.317. The average molecular weight is 574 g/mol. The molecule has 0 spiro atoms. The van der Waals surface area contributed by atoms with Gasteiger partial charge >= 0.3 is 12.1 Å². The number of nitrogens with zero attached hydrogens (tertiary/aromatic N) is 5. The van der Waals surface area contributed by atoms with Crippen molar-refractivity contribution in [2.75, 3.05) is 0 Å². The highest BCUT2D eigenvalue weighted by molar-refractivity contribution is 6.04. The van der Waals surface area contributed by atoms with Crippen molar-refractivity contribution < 1.29 is 32.7 Å². The number of hydrogen-bond acceptors (Lipinski definition) is 6. The molecule has 0 radical (unpaired) electrons. The molecule has 3 atom stereocenters. The van der Waals surface area contributed by atoms with Crippen molar-refractivity contribution in [3.8, 4) is 0 Å². The van der Waals surface area contributed by atoms with Crippen molar-refractivity contribution >= 4 is 23.4 Å². The SMILES string of the molecule is CCn1nccc1C(=O)N[C@H](c1cn2ncc(CC3(C(=O)O)C[C@@H](C(F)(F)F)NC3=O)cc2n1)C(C1CC1)C1CC1. The summed E-state index contributed by atoms with van der Waals surface area (Å²) in [5.41, 5.74) is -0.635. The predicted molar refractivity (Wildman–Crippen MR) is 136 cm³/mol. The summed E-state index contributed by atoms with van der Waals surface area (Å²) in [7, 11) is 0. The number of alkyl halides is 3. The first-order valence-electron chi connectivity index (χ1n) is 13.8. The molecule has 14 heteroatoms. The van der Waals surface area contributed by atoms with Gasteiger partial charge in [0.25, 0.3) is 5.91 Å². The third kappa shape index (κ3) is 5.04. The second-order valence-electron chi connectivity index (χ2n) is 11.4. The van der Waals surface area contributed by atoms with Crippen LogP contribution in [-0.2, 0) is 22.6 Å². The fourth-order valence-electron chi connectivity index (χ4n) is 6.18. The Morgan fingerprint density at radius 1 is 1.22 bits per heavy atom. The van der Waals surface area contributed by atoms with E-state index in [2.05, 4.69) is 15.5 Å². The number of carbonyl (C=O) groups excluding carboxylic acids is 2. The molecule has 4 heterocycles. The number of imidazole rings is 1. The standard InChI is InChI=1S/C27H30F3N7O4/c1-2-36-18(7-8-31-36)23(38)35-22(21(15-3-4-15)16-5-6-16)17-13-37-20(33-17)9-14(12-32-37)10-26(25(40)41)11-19(27(28,29)30)34-24(26)39/h7-9,12-13,15-16,19,21-22H,2-6,10-11H2,1H3,(H,34,39)(H,35,38)(H,40,41)/t19-,22+,26?/m0/s1. The number of rotatable bonds is 10. The van der Waals surface area contributed by atoms with Crippen LogP contribution in [0, 0.1) is 23.2 Å². The monoisotopic (exact) mass is 573 g/mol. The molecule has 2 amide bonds. The number of aryl methyl sites for hydroxylation is 1. The van der Waals surface area contributed by atoms with Gasteiger partial charge in [-0.2, -0.15) is 23.4 Å². The molecule has 1 saturated heterocycles. The highest BCUT2D eigenvalue weighted by Crippen LogP contribution is 2.54. The molecular weight excluding hydrogens is 543 g/mol. The summed E-state index contributed by atoms with van der Waals surface area (Å²) in [6, 6.07) is 0.559. The minimum Gasteiger partial charge on any atom is -0.480 e. The summed E-state index contributed by atoms with van der Waals surface area (Å²) < 4.78 is 43.0.